The zero-order chi connectivity index (χ0) is 29.5. The maximum absolute atomic E-state index is 14.0. The molecule has 14 heteroatoms. The Balaban J connectivity index is 1.41. The highest BCUT2D eigenvalue weighted by Gasteiger charge is 2.40. The number of piperidine rings is 1. The molecule has 218 valence electrons. The van der Waals surface area contributed by atoms with Crippen molar-refractivity contribution in [1.29, 1.82) is 0 Å². The molecule has 0 unspecified atom stereocenters. The quantitative estimate of drug-likeness (QED) is 0.186. The molecule has 0 saturated carbocycles. The van der Waals surface area contributed by atoms with Gasteiger partial charge in [0.2, 0.25) is 6.73 Å². The van der Waals surface area contributed by atoms with Gasteiger partial charge in [-0.3, -0.25) is 4.79 Å². The molecule has 0 spiro atoms. The molecule has 2 atom stereocenters. The van der Waals surface area contributed by atoms with E-state index in [-0.39, 0.29) is 30.9 Å². The monoisotopic (exact) mass is 594 g/mol. The second kappa shape index (κ2) is 11.4. The van der Waals surface area contributed by atoms with Gasteiger partial charge in [-0.05, 0) is 54.3 Å². The van der Waals surface area contributed by atoms with Crippen molar-refractivity contribution >= 4 is 19.8 Å². The molecule has 1 amide bonds. The number of morpholine rings is 1. The summed E-state index contributed by atoms with van der Waals surface area (Å²) in [5, 5.41) is 0. The fourth-order valence-corrected chi connectivity index (χ4v) is 5.44. The van der Waals surface area contributed by atoms with Crippen LogP contribution >= 0.6 is 7.82 Å². The van der Waals surface area contributed by atoms with Gasteiger partial charge in [0.1, 0.15) is 11.9 Å². The number of nitrogens with zero attached hydrogens (tertiary/aromatic N) is 3. The summed E-state index contributed by atoms with van der Waals surface area (Å²) in [4.78, 5) is 33.2. The minimum atomic E-state index is -4.64. The summed E-state index contributed by atoms with van der Waals surface area (Å²) in [6, 6.07) is 6.04. The van der Waals surface area contributed by atoms with E-state index in [0.717, 1.165) is 12.1 Å². The Hall–Kier alpha value is -3.48. The van der Waals surface area contributed by atoms with Crippen molar-refractivity contribution in [3.63, 3.8) is 0 Å². The number of imidazole rings is 1. The molecule has 41 heavy (non-hydrogen) atoms. The lowest BCUT2D eigenvalue weighted by Gasteiger charge is -2.45. The van der Waals surface area contributed by atoms with E-state index >= 15 is 0 Å². The van der Waals surface area contributed by atoms with E-state index < -0.39 is 31.3 Å². The fourth-order valence-electron chi connectivity index (χ4n) is 5.17. The lowest BCUT2D eigenvalue weighted by Crippen LogP contribution is -2.53. The molecule has 5 rings (SSSR count). The average molecular weight is 595 g/mol. The first-order valence-corrected chi connectivity index (χ1v) is 14.2. The third kappa shape index (κ3) is 6.09. The molecular weight excluding hydrogens is 566 g/mol. The molecule has 0 bridgehead atoms. The first-order valence-electron chi connectivity index (χ1n) is 12.7. The van der Waals surface area contributed by atoms with Crippen LogP contribution in [-0.4, -0.2) is 51.5 Å². The van der Waals surface area contributed by atoms with Crippen LogP contribution in [-0.2, 0) is 25.4 Å². The van der Waals surface area contributed by atoms with Crippen LogP contribution in [0.4, 0.5) is 13.2 Å². The summed E-state index contributed by atoms with van der Waals surface area (Å²) in [6.07, 6.45) is 6.12. The van der Waals surface area contributed by atoms with E-state index in [0.29, 0.717) is 47.7 Å². The highest BCUT2D eigenvalue weighted by molar-refractivity contribution is 7.46. The van der Waals surface area contributed by atoms with E-state index in [2.05, 4.69) is 4.52 Å². The van der Waals surface area contributed by atoms with Crippen LogP contribution in [0.15, 0.2) is 48.4 Å². The van der Waals surface area contributed by atoms with Crippen molar-refractivity contribution in [3.8, 4) is 11.4 Å². The van der Waals surface area contributed by atoms with Gasteiger partial charge in [0.25, 0.3) is 12.2 Å². The first kappa shape index (κ1) is 29.0. The number of aryl methyl sites for hydroxylation is 1. The molecule has 10 nitrogen and oxygen atoms in total. The smallest absolute Gasteiger partial charge is 0.472 e. The predicted octanol–water partition coefficient (Wildman–Crippen LogP) is 3.71. The molecule has 2 fully saturated rings. The van der Waals surface area contributed by atoms with E-state index in [1.54, 1.807) is 53.2 Å². The van der Waals surface area contributed by atoms with Crippen molar-refractivity contribution in [2.75, 3.05) is 20.3 Å². The molecular formula is C27H28F3N3O7P+. The normalized spacial score (nSPS) is 20.4. The fraction of sp³-hybridized carbons (Fsp3) is 0.333. The van der Waals surface area contributed by atoms with E-state index in [9.17, 15) is 22.5 Å². The zero-order valence-corrected chi connectivity index (χ0v) is 23.1. The summed E-state index contributed by atoms with van der Waals surface area (Å²) in [5.41, 5.74) is 2.61. The minimum absolute atomic E-state index is 0.0258. The number of benzene rings is 2. The maximum atomic E-state index is 14.0. The molecule has 2 saturated heterocycles. The number of hydrogen-bond acceptors (Lipinski definition) is 5. The SMILES string of the molecule is COc1cc(C=C2CC[C@H]3COC[C@@H](c4cc(F)c(F)c(F)c4)N3C2=O)ccc1-[n+]1cc(C)n(COP(=O)(O)O)c1. The number of hydrogen-bond donors (Lipinski definition) is 2. The van der Waals surface area contributed by atoms with Crippen LogP contribution in [0.3, 0.4) is 0 Å². The van der Waals surface area contributed by atoms with Crippen LogP contribution in [0.5, 0.6) is 5.75 Å². The number of phosphoric ester groups is 1. The van der Waals surface area contributed by atoms with Gasteiger partial charge < -0.3 is 24.2 Å². The second-order valence-corrected chi connectivity index (χ2v) is 11.1. The number of fused-ring (bicyclic) bond motifs is 1. The van der Waals surface area contributed by atoms with Crippen molar-refractivity contribution in [3.05, 3.63) is 82.7 Å². The van der Waals surface area contributed by atoms with E-state index in [4.69, 9.17) is 19.3 Å². The van der Waals surface area contributed by atoms with Crippen LogP contribution in [0, 0.1) is 24.4 Å². The molecule has 3 heterocycles. The molecule has 3 aromatic rings. The van der Waals surface area contributed by atoms with Crippen LogP contribution < -0.4 is 9.30 Å². The van der Waals surface area contributed by atoms with Gasteiger partial charge in [-0.2, -0.15) is 4.57 Å². The van der Waals surface area contributed by atoms with Crippen molar-refractivity contribution in [1.82, 2.24) is 9.47 Å². The highest BCUT2D eigenvalue weighted by Crippen LogP contribution is 2.38. The molecule has 0 radical (unpaired) electrons. The van der Waals surface area contributed by atoms with Gasteiger partial charge in [0.15, 0.2) is 28.9 Å². The Bertz CT molecular complexity index is 1550. The van der Waals surface area contributed by atoms with Crippen LogP contribution in [0.2, 0.25) is 0 Å². The van der Waals surface area contributed by atoms with E-state index in [1.807, 2.05) is 0 Å². The summed E-state index contributed by atoms with van der Waals surface area (Å²) in [5.74, 6) is -4.04. The van der Waals surface area contributed by atoms with Gasteiger partial charge in [-0.25, -0.2) is 26.8 Å². The summed E-state index contributed by atoms with van der Waals surface area (Å²) in [7, 11) is -3.15. The van der Waals surface area contributed by atoms with Crippen LogP contribution in [0.1, 0.15) is 35.7 Å². The second-order valence-electron chi connectivity index (χ2n) is 9.87. The number of ether oxygens (including phenoxy) is 2. The Morgan fingerprint density at radius 2 is 1.90 bits per heavy atom. The molecule has 0 aliphatic carbocycles. The zero-order valence-electron chi connectivity index (χ0n) is 22.2. The molecule has 2 N–H and O–H groups in total. The number of amides is 1. The molecule has 2 aliphatic heterocycles. The Morgan fingerprint density at radius 1 is 1.17 bits per heavy atom. The summed E-state index contributed by atoms with van der Waals surface area (Å²) >= 11 is 0. The number of carbonyl (C=O) groups excluding carboxylic acids is 1. The standard InChI is InChI=1S/C27H27F3N3O7P/c1-16-11-31(14-32(16)15-40-41(35,36)37)23-6-3-17(8-25(23)38-2)7-18-4-5-20-12-39-13-24(33(20)27(18)34)19-9-21(28)26(30)22(29)10-19/h3,6-11,14,20,24H,4-5,12-13,15H2,1-2H3,(H-,35,36,37)/p+1/t20-,24-/m0/s1. The van der Waals surface area contributed by atoms with Gasteiger partial charge in [0.05, 0.1) is 32.4 Å². The minimum Gasteiger partial charge on any atom is -0.492 e. The third-order valence-corrected chi connectivity index (χ3v) is 7.64. The number of phosphoric acid groups is 1. The Kier molecular flexibility index (Phi) is 8.09. The molecule has 1 aromatic heterocycles. The highest BCUT2D eigenvalue weighted by atomic mass is 31.2. The number of methoxy groups -OCH3 is 1. The topological polar surface area (TPSA) is 114 Å². The van der Waals surface area contributed by atoms with Gasteiger partial charge in [0, 0.05) is 12.5 Å². The van der Waals surface area contributed by atoms with E-state index in [1.165, 1.54) is 11.7 Å². The Labute approximate surface area is 233 Å². The molecule has 2 aromatic carbocycles. The van der Waals surface area contributed by atoms with Crippen molar-refractivity contribution in [2.45, 2.75) is 38.6 Å². The van der Waals surface area contributed by atoms with Gasteiger partial charge >= 0.3 is 7.82 Å². The largest absolute Gasteiger partial charge is 0.492 e. The van der Waals surface area contributed by atoms with Gasteiger partial charge in [-0.15, -0.1) is 0 Å². The third-order valence-electron chi connectivity index (χ3n) is 7.19. The first-order chi connectivity index (χ1) is 19.4. The number of carbonyl (C=O) groups is 1. The number of halogens is 3. The predicted molar refractivity (Wildman–Crippen MR) is 138 cm³/mol. The number of rotatable bonds is 7. The van der Waals surface area contributed by atoms with Crippen molar-refractivity contribution in [2.24, 2.45) is 0 Å². The van der Waals surface area contributed by atoms with Gasteiger partial charge in [-0.1, -0.05) is 6.07 Å². The molecule has 2 aliphatic rings. The summed E-state index contributed by atoms with van der Waals surface area (Å²) in [6.45, 7) is 1.72. The summed E-state index contributed by atoms with van der Waals surface area (Å²) < 4.78 is 71.7. The lowest BCUT2D eigenvalue weighted by molar-refractivity contribution is -0.596. The van der Waals surface area contributed by atoms with Crippen LogP contribution in [0.25, 0.3) is 11.8 Å². The maximum Gasteiger partial charge on any atom is 0.472 e. The lowest BCUT2D eigenvalue weighted by atomic mass is 9.91. The average Bonchev–Trinajstić information content (AvgIpc) is 3.31. The van der Waals surface area contributed by atoms with Crippen molar-refractivity contribution < 1.29 is 50.9 Å². The Morgan fingerprint density at radius 3 is 2.59 bits per heavy atom. The number of aromatic nitrogens is 2.